The number of rotatable bonds is 3. The topological polar surface area (TPSA) is 17.3 Å². The quantitative estimate of drug-likeness (QED) is 0.611. The van der Waals surface area contributed by atoms with E-state index in [0.29, 0.717) is 15.5 Å². The van der Waals surface area contributed by atoms with Crippen molar-refractivity contribution in [3.63, 3.8) is 0 Å². The number of benzene rings is 1. The summed E-state index contributed by atoms with van der Waals surface area (Å²) < 4.78 is 39.8. The minimum Gasteiger partial charge on any atom is -0.316 e. The molecule has 0 saturated carbocycles. The number of halogens is 4. The van der Waals surface area contributed by atoms with Crippen LogP contribution in [0, 0.1) is 6.92 Å². The second kappa shape index (κ2) is 6.74. The predicted molar refractivity (Wildman–Crippen MR) is 99.3 cm³/mol. The van der Waals surface area contributed by atoms with Crippen LogP contribution in [0.15, 0.2) is 22.5 Å². The van der Waals surface area contributed by atoms with Crippen molar-refractivity contribution < 1.29 is 13.2 Å². The van der Waals surface area contributed by atoms with Crippen molar-refractivity contribution in [3.05, 3.63) is 44.2 Å². The summed E-state index contributed by atoms with van der Waals surface area (Å²) in [5.74, 6) is 0. The van der Waals surface area contributed by atoms with Gasteiger partial charge in [0.15, 0.2) is 4.80 Å². The summed E-state index contributed by atoms with van der Waals surface area (Å²) >= 11 is 7.27. The molecule has 0 amide bonds. The van der Waals surface area contributed by atoms with E-state index in [9.17, 15) is 13.2 Å². The molecule has 1 aromatic carbocycles. The molecule has 0 saturated heterocycles. The lowest BCUT2D eigenvalue weighted by molar-refractivity contribution is -0.143. The maximum atomic E-state index is 12.9. The summed E-state index contributed by atoms with van der Waals surface area (Å²) in [5, 5.41) is 1.73. The van der Waals surface area contributed by atoms with Crippen LogP contribution in [0.2, 0.25) is 5.02 Å². The molecule has 24 heavy (non-hydrogen) atoms. The highest BCUT2D eigenvalue weighted by molar-refractivity contribution is 7.71. The molecule has 0 aliphatic heterocycles. The van der Waals surface area contributed by atoms with E-state index in [-0.39, 0.29) is 0 Å². The highest BCUT2D eigenvalue weighted by Gasteiger charge is 2.34. The molecule has 2 rings (SSSR count). The van der Waals surface area contributed by atoms with Crippen LogP contribution >= 0.6 is 29.8 Å². The molecule has 0 N–H and O–H groups in total. The molecule has 0 radical (unpaired) electrons. The summed E-state index contributed by atoms with van der Waals surface area (Å²) in [4.78, 5) is 4.71. The molecule has 8 heteroatoms. The van der Waals surface area contributed by atoms with Crippen molar-refractivity contribution in [2.75, 3.05) is 13.3 Å². The minimum atomic E-state index is -4.39. The molecule has 0 atom stereocenters. The molecular formula is C16H19ClF3N2PS. The van der Waals surface area contributed by atoms with Crippen LogP contribution < -0.4 is 4.80 Å². The Morgan fingerprint density at radius 3 is 2.46 bits per heavy atom. The second-order valence-electron chi connectivity index (χ2n) is 6.40. The van der Waals surface area contributed by atoms with Gasteiger partial charge in [-0.3, -0.25) is 0 Å². The third-order valence-corrected chi connectivity index (χ3v) is 5.86. The Morgan fingerprint density at radius 1 is 1.33 bits per heavy atom. The summed E-state index contributed by atoms with van der Waals surface area (Å²) in [7, 11) is 1.37. The van der Waals surface area contributed by atoms with Crippen LogP contribution in [-0.4, -0.2) is 24.2 Å². The average molecular weight is 395 g/mol. The molecule has 0 aliphatic rings. The van der Waals surface area contributed by atoms with E-state index in [4.69, 9.17) is 11.6 Å². The van der Waals surface area contributed by atoms with Gasteiger partial charge in [0.2, 0.25) is 0 Å². The van der Waals surface area contributed by atoms with Gasteiger partial charge in [-0.25, -0.2) is 4.99 Å². The fourth-order valence-electron chi connectivity index (χ4n) is 2.24. The zero-order valence-corrected chi connectivity index (χ0v) is 16.4. The number of alkyl halides is 3. The number of hydrogen-bond donors (Lipinski definition) is 0. The first-order valence-electron chi connectivity index (χ1n) is 7.11. The first-order chi connectivity index (χ1) is 10.9. The Labute approximate surface area is 148 Å². The second-order valence-corrected chi connectivity index (χ2v) is 11.8. The highest BCUT2D eigenvalue weighted by Crippen LogP contribution is 2.42. The van der Waals surface area contributed by atoms with Gasteiger partial charge in [-0.1, -0.05) is 11.6 Å². The number of hydrogen-bond acceptors (Lipinski definition) is 2. The van der Waals surface area contributed by atoms with Crippen molar-refractivity contribution >= 4 is 41.8 Å². The molecule has 1 heterocycles. The Balaban J connectivity index is 2.56. The van der Waals surface area contributed by atoms with Gasteiger partial charge < -0.3 is 4.57 Å². The van der Waals surface area contributed by atoms with Crippen LogP contribution in [0.4, 0.5) is 18.9 Å². The van der Waals surface area contributed by atoms with E-state index in [1.54, 1.807) is 0 Å². The first kappa shape index (κ1) is 19.4. The van der Waals surface area contributed by atoms with Crippen LogP contribution in [0.1, 0.15) is 16.8 Å². The van der Waals surface area contributed by atoms with Crippen LogP contribution in [0.5, 0.6) is 0 Å². The molecule has 2 aromatic rings. The molecule has 2 nitrogen and oxygen atoms in total. The van der Waals surface area contributed by atoms with Crippen molar-refractivity contribution in [3.8, 4) is 0 Å². The van der Waals surface area contributed by atoms with Gasteiger partial charge in [0.25, 0.3) is 0 Å². The summed E-state index contributed by atoms with van der Waals surface area (Å²) in [5.41, 5.74) is 1.69. The molecule has 0 fully saturated rings. The van der Waals surface area contributed by atoms with Crippen LogP contribution in [0.3, 0.4) is 0 Å². The lowest BCUT2D eigenvalue weighted by Gasteiger charge is -2.15. The lowest BCUT2D eigenvalue weighted by Crippen LogP contribution is -2.18. The van der Waals surface area contributed by atoms with Crippen LogP contribution in [0.25, 0.3) is 0 Å². The fourth-order valence-corrected chi connectivity index (χ4v) is 4.72. The first-order valence-corrected chi connectivity index (χ1v) is 11.4. The number of aromatic nitrogens is 1. The molecule has 0 bridgehead atoms. The highest BCUT2D eigenvalue weighted by atomic mass is 35.5. The van der Waals surface area contributed by atoms with E-state index in [1.807, 2.05) is 19.1 Å². The van der Waals surface area contributed by atoms with Crippen molar-refractivity contribution in [2.24, 2.45) is 12.0 Å². The van der Waals surface area contributed by atoms with Gasteiger partial charge in [0.05, 0.1) is 5.69 Å². The van der Waals surface area contributed by atoms with Gasteiger partial charge >= 0.3 is 6.18 Å². The van der Waals surface area contributed by atoms with Gasteiger partial charge in [-0.15, -0.1) is 24.5 Å². The fraction of sp³-hybridized carbons (Fsp3) is 0.375. The van der Waals surface area contributed by atoms with Gasteiger partial charge in [0, 0.05) is 17.5 Å². The summed E-state index contributed by atoms with van der Waals surface area (Å²) in [6.07, 6.45) is 0.558. The van der Waals surface area contributed by atoms with E-state index in [2.05, 4.69) is 24.6 Å². The Hall–Kier alpha value is -0.970. The van der Waals surface area contributed by atoms with E-state index in [0.717, 1.165) is 38.6 Å². The predicted octanol–water partition coefficient (Wildman–Crippen LogP) is 5.51. The Bertz CT molecular complexity index is 874. The summed E-state index contributed by atoms with van der Waals surface area (Å²) in [6, 6.07) is 3.67. The SMILES string of the molecule is C=P(C)(C)Cc1cc(N=c2scc(C(F)(F)F)n2C)c(C)cc1Cl. The monoisotopic (exact) mass is 394 g/mol. The minimum absolute atomic E-state index is 0.294. The molecule has 0 aliphatic carbocycles. The van der Waals surface area contributed by atoms with E-state index < -0.39 is 18.8 Å². The lowest BCUT2D eigenvalue weighted by atomic mass is 10.1. The van der Waals surface area contributed by atoms with E-state index >= 15 is 0 Å². The Morgan fingerprint density at radius 2 is 1.96 bits per heavy atom. The Kier molecular flexibility index (Phi) is 5.43. The van der Waals surface area contributed by atoms with Gasteiger partial charge in [-0.05, 0) is 49.7 Å². The zero-order chi connectivity index (χ0) is 18.3. The number of thiazole rings is 1. The normalized spacial score (nSPS) is 13.6. The molecule has 0 unspecified atom stereocenters. The average Bonchev–Trinajstić information content (AvgIpc) is 2.75. The zero-order valence-electron chi connectivity index (χ0n) is 13.9. The summed E-state index contributed by atoms with van der Waals surface area (Å²) in [6.45, 7) is 4.72. The third-order valence-electron chi connectivity index (χ3n) is 3.39. The standard InChI is InChI=1S/C16H19ClF3N2PS/c1-10-6-12(17)11(8-23(3,4)5)7-13(10)21-15-22(2)14(9-24-15)16(18,19)20/h6-7,9H,3,8H2,1-2,4-5H3. The number of nitrogens with zero attached hydrogens (tertiary/aromatic N) is 2. The van der Waals surface area contributed by atoms with Gasteiger partial charge in [-0.2, -0.15) is 13.2 Å². The molecule has 1 aromatic heterocycles. The van der Waals surface area contributed by atoms with Crippen molar-refractivity contribution in [1.82, 2.24) is 4.57 Å². The van der Waals surface area contributed by atoms with Crippen LogP contribution in [-0.2, 0) is 19.4 Å². The largest absolute Gasteiger partial charge is 0.432 e. The smallest absolute Gasteiger partial charge is 0.316 e. The van der Waals surface area contributed by atoms with Gasteiger partial charge in [0.1, 0.15) is 5.69 Å². The maximum absolute atomic E-state index is 12.9. The molecule has 0 spiro atoms. The van der Waals surface area contributed by atoms with Crippen molar-refractivity contribution in [1.29, 1.82) is 0 Å². The van der Waals surface area contributed by atoms with E-state index in [1.165, 1.54) is 7.05 Å². The third kappa shape index (κ3) is 4.56. The number of aryl methyl sites for hydroxylation is 1. The maximum Gasteiger partial charge on any atom is 0.432 e. The molecular weight excluding hydrogens is 376 g/mol. The van der Waals surface area contributed by atoms with Crippen molar-refractivity contribution in [2.45, 2.75) is 19.3 Å². The molecule has 132 valence electrons.